The number of likely N-dealkylation sites (N-methyl/N-ethyl adjacent to an activating group) is 2. The average molecular weight is 1040 g/mol. The predicted octanol–water partition coefficient (Wildman–Crippen LogP) is 5.34. The summed E-state index contributed by atoms with van der Waals surface area (Å²) < 4.78 is 12.0. The fourth-order valence-corrected chi connectivity index (χ4v) is 10.9. The quantitative estimate of drug-likeness (QED) is 0.0559. The molecule has 0 bridgehead atoms. The summed E-state index contributed by atoms with van der Waals surface area (Å²) in [4.78, 5) is 85.8. The zero-order chi connectivity index (χ0) is 53.6. The first-order valence-electron chi connectivity index (χ1n) is 27.3. The second kappa shape index (κ2) is 26.6. The van der Waals surface area contributed by atoms with Gasteiger partial charge in [0.25, 0.3) is 0 Å². The lowest BCUT2D eigenvalue weighted by molar-refractivity contribution is -0.141. The van der Waals surface area contributed by atoms with E-state index in [0.717, 1.165) is 60.8 Å². The van der Waals surface area contributed by atoms with Crippen molar-refractivity contribution in [2.24, 2.45) is 0 Å². The lowest BCUT2D eigenvalue weighted by atomic mass is 9.87. The maximum atomic E-state index is 14.3. The number of rotatable bonds is 22. The number of benzene rings is 4. The molecule has 2 fully saturated rings. The van der Waals surface area contributed by atoms with Gasteiger partial charge in [-0.3, -0.25) is 28.8 Å². The zero-order valence-corrected chi connectivity index (χ0v) is 44.5. The van der Waals surface area contributed by atoms with Crippen molar-refractivity contribution in [3.05, 3.63) is 143 Å². The molecular formula is C60H76N8O8. The number of nitrogens with zero attached hydrogens (tertiary/aromatic N) is 2. The summed E-state index contributed by atoms with van der Waals surface area (Å²) in [6.45, 7) is 4.92. The van der Waals surface area contributed by atoms with Gasteiger partial charge in [0.15, 0.2) is 0 Å². The summed E-state index contributed by atoms with van der Waals surface area (Å²) >= 11 is 0. The van der Waals surface area contributed by atoms with Gasteiger partial charge in [-0.15, -0.1) is 0 Å². The molecular weight excluding hydrogens is 961 g/mol. The van der Waals surface area contributed by atoms with Crippen LogP contribution in [0.3, 0.4) is 0 Å². The smallest absolute Gasteiger partial charge is 0.246 e. The summed E-state index contributed by atoms with van der Waals surface area (Å²) in [5, 5.41) is 18.3. The zero-order valence-electron chi connectivity index (χ0n) is 44.5. The fraction of sp³-hybridized carbons (Fsp3) is 0.467. The number of carbonyl (C=O) groups excluding carboxylic acids is 6. The summed E-state index contributed by atoms with van der Waals surface area (Å²) in [6.07, 6.45) is 12.4. The monoisotopic (exact) mass is 1040 g/mol. The van der Waals surface area contributed by atoms with Crippen molar-refractivity contribution in [2.75, 3.05) is 40.4 Å². The van der Waals surface area contributed by atoms with Crippen molar-refractivity contribution in [3.63, 3.8) is 0 Å². The van der Waals surface area contributed by atoms with Gasteiger partial charge in [-0.2, -0.15) is 0 Å². The molecule has 4 aromatic carbocycles. The number of ether oxygens (including phenoxy) is 2. The van der Waals surface area contributed by atoms with Crippen LogP contribution < -0.4 is 41.4 Å². The highest BCUT2D eigenvalue weighted by atomic mass is 16.5. The minimum absolute atomic E-state index is 0.0950. The maximum absolute atomic E-state index is 14.3. The van der Waals surface area contributed by atoms with Gasteiger partial charge in [0.2, 0.25) is 35.4 Å². The Morgan fingerprint density at radius 2 is 0.934 bits per heavy atom. The largest absolute Gasteiger partial charge is 0.490 e. The minimum Gasteiger partial charge on any atom is -0.490 e. The Hall–Kier alpha value is -7.04. The molecule has 0 aromatic heterocycles. The molecule has 404 valence electrons. The van der Waals surface area contributed by atoms with E-state index < -0.39 is 36.3 Å². The van der Waals surface area contributed by atoms with E-state index in [1.54, 1.807) is 37.7 Å². The number of likely N-dealkylation sites (tertiary alicyclic amines) is 2. The van der Waals surface area contributed by atoms with Crippen LogP contribution in [0.15, 0.2) is 109 Å². The molecule has 4 aliphatic rings. The van der Waals surface area contributed by atoms with Gasteiger partial charge in [0.1, 0.15) is 48.9 Å². The van der Waals surface area contributed by atoms with Crippen LogP contribution in [0.4, 0.5) is 0 Å². The van der Waals surface area contributed by atoms with Gasteiger partial charge in [-0.1, -0.05) is 72.8 Å². The van der Waals surface area contributed by atoms with Crippen molar-refractivity contribution in [2.45, 2.75) is 139 Å². The molecule has 16 nitrogen and oxygen atoms in total. The molecule has 2 aliphatic carbocycles. The molecule has 8 rings (SSSR count). The molecule has 4 aromatic rings. The van der Waals surface area contributed by atoms with E-state index in [4.69, 9.17) is 9.47 Å². The van der Waals surface area contributed by atoms with Crippen molar-refractivity contribution in [3.8, 4) is 11.5 Å². The van der Waals surface area contributed by atoms with Crippen LogP contribution in [0.1, 0.15) is 111 Å². The molecule has 0 spiro atoms. The summed E-state index contributed by atoms with van der Waals surface area (Å²) in [7, 11) is 3.38. The van der Waals surface area contributed by atoms with Crippen molar-refractivity contribution < 1.29 is 38.2 Å². The second-order valence-corrected chi connectivity index (χ2v) is 20.6. The Labute approximate surface area is 447 Å². The molecule has 8 atom stereocenters. The van der Waals surface area contributed by atoms with Crippen LogP contribution in [-0.2, 0) is 54.5 Å². The number of hydrogen-bond donors (Lipinski definition) is 6. The Morgan fingerprint density at radius 1 is 0.539 bits per heavy atom. The van der Waals surface area contributed by atoms with Crippen molar-refractivity contribution in [1.82, 2.24) is 41.7 Å². The third kappa shape index (κ3) is 14.1. The van der Waals surface area contributed by atoms with E-state index in [2.05, 4.69) is 56.2 Å². The van der Waals surface area contributed by atoms with Crippen molar-refractivity contribution in [1.29, 1.82) is 0 Å². The van der Waals surface area contributed by atoms with Gasteiger partial charge >= 0.3 is 0 Å². The van der Waals surface area contributed by atoms with E-state index in [1.807, 2.05) is 84.9 Å². The van der Waals surface area contributed by atoms with Crippen LogP contribution >= 0.6 is 0 Å². The molecule has 0 saturated carbocycles. The van der Waals surface area contributed by atoms with E-state index >= 15 is 0 Å². The highest BCUT2D eigenvalue weighted by molar-refractivity contribution is 5.95. The van der Waals surface area contributed by atoms with Gasteiger partial charge in [-0.05, 0) is 162 Å². The first kappa shape index (κ1) is 55.2. The number of nitrogens with one attached hydrogen (secondary N) is 6. The van der Waals surface area contributed by atoms with E-state index in [-0.39, 0.29) is 73.6 Å². The minimum atomic E-state index is -0.876. The summed E-state index contributed by atoms with van der Waals surface area (Å²) in [6, 6.07) is 27.0. The van der Waals surface area contributed by atoms with E-state index in [1.165, 1.54) is 11.1 Å². The summed E-state index contributed by atoms with van der Waals surface area (Å²) in [5.74, 6) is -0.223. The molecule has 16 heteroatoms. The highest BCUT2D eigenvalue weighted by Gasteiger charge is 2.41. The molecule has 0 radical (unpaired) electrons. The molecule has 6 N–H and O–H groups in total. The van der Waals surface area contributed by atoms with Gasteiger partial charge in [0, 0.05) is 25.9 Å². The predicted molar refractivity (Wildman–Crippen MR) is 291 cm³/mol. The second-order valence-electron chi connectivity index (χ2n) is 20.6. The fourth-order valence-electron chi connectivity index (χ4n) is 10.9. The first-order valence-corrected chi connectivity index (χ1v) is 27.3. The SMILES string of the molecule is CN[C@@H](C)C(=O)NC(Cc1ccc(OCC=CCOc2ccc(C[C@H](NC(=O)[C@H](C)NC)C(=O)N3CCC[C@H]3C(=O)N[C@@H]3CCCc4ccccc43)cc2)cc1)C(=O)N1CCC[C@H]1C(=O)N[C@@H]1CCCc2ccccc21. The number of fused-ring (bicyclic) bond motifs is 2. The molecule has 2 aliphatic heterocycles. The first-order chi connectivity index (χ1) is 36.9. The number of aryl methyl sites for hydroxylation is 2. The van der Waals surface area contributed by atoms with Crippen molar-refractivity contribution >= 4 is 35.4 Å². The summed E-state index contributed by atoms with van der Waals surface area (Å²) in [5.41, 5.74) is 6.43. The van der Waals surface area contributed by atoms with E-state index in [9.17, 15) is 28.8 Å². The molecule has 76 heavy (non-hydrogen) atoms. The third-order valence-electron chi connectivity index (χ3n) is 15.5. The normalized spacial score (nSPS) is 20.6. The topological polar surface area (TPSA) is 200 Å². The highest BCUT2D eigenvalue weighted by Crippen LogP contribution is 2.32. The average Bonchev–Trinajstić information content (AvgIpc) is 4.16. The number of amides is 6. The standard InChI is InChI=1S/C60H76N8O8/c1-39(61-3)55(69)65-51(59(73)67-33-13-23-53(67)57(71)63-49-21-11-17-43-15-5-7-19-47(43)49)37-41-25-29-45(30-26-41)75-35-9-10-36-76-46-31-27-42(28-32-46)38-52(66-56(70)40(2)62-4)60(74)68-34-14-24-54(68)58(72)64-50-22-12-18-44-16-6-8-20-48(44)50/h5-10,15-16,19-20,25-32,39-40,49-54,61-62H,11-14,17-18,21-24,33-38H2,1-4H3,(H,63,71)(H,64,72)(H,65,69)(H,66,70)/t39-,40-,49+,50+,51-,52?,53-,54-/m0/s1. The Morgan fingerprint density at radius 3 is 1.33 bits per heavy atom. The van der Waals surface area contributed by atoms with Gasteiger partial charge in [0.05, 0.1) is 24.2 Å². The van der Waals surface area contributed by atoms with Gasteiger partial charge < -0.3 is 51.2 Å². The Balaban J connectivity index is 0.813. The molecule has 6 amide bonds. The lowest BCUT2D eigenvalue weighted by Gasteiger charge is -2.32. The molecule has 2 heterocycles. The van der Waals surface area contributed by atoms with Crippen LogP contribution in [0.25, 0.3) is 0 Å². The van der Waals surface area contributed by atoms with Crippen LogP contribution in [0.5, 0.6) is 11.5 Å². The Bertz CT molecular complexity index is 2500. The molecule has 2 saturated heterocycles. The Kier molecular flexibility index (Phi) is 19.3. The van der Waals surface area contributed by atoms with Gasteiger partial charge in [-0.25, -0.2) is 0 Å². The van der Waals surface area contributed by atoms with Crippen LogP contribution in [-0.4, -0.2) is 122 Å². The van der Waals surface area contributed by atoms with Crippen LogP contribution in [0, 0.1) is 0 Å². The lowest BCUT2D eigenvalue weighted by Crippen LogP contribution is -2.56. The maximum Gasteiger partial charge on any atom is 0.246 e. The number of hydrogen-bond acceptors (Lipinski definition) is 10. The molecule has 1 unspecified atom stereocenters. The van der Waals surface area contributed by atoms with Crippen LogP contribution in [0.2, 0.25) is 0 Å². The number of carbonyl (C=O) groups is 6. The third-order valence-corrected chi connectivity index (χ3v) is 15.5. The van der Waals surface area contributed by atoms with E-state index in [0.29, 0.717) is 50.3 Å².